The quantitative estimate of drug-likeness (QED) is 0.636. The molecule has 3 amide bonds. The summed E-state index contributed by atoms with van der Waals surface area (Å²) in [6.07, 6.45) is 3.18. The highest BCUT2D eigenvalue weighted by molar-refractivity contribution is 6.07. The summed E-state index contributed by atoms with van der Waals surface area (Å²) in [5, 5.41) is 4.34. The van der Waals surface area contributed by atoms with Crippen molar-refractivity contribution in [3.05, 3.63) is 53.3 Å². The first-order chi connectivity index (χ1) is 15.0. The molecule has 2 aromatic rings. The minimum Gasteiger partial charge on any atom is -0.383 e. The van der Waals surface area contributed by atoms with Crippen molar-refractivity contribution in [2.75, 3.05) is 33.4 Å². The second-order valence-corrected chi connectivity index (χ2v) is 8.49. The lowest BCUT2D eigenvalue weighted by atomic mass is 9.85. The first kappa shape index (κ1) is 21.5. The van der Waals surface area contributed by atoms with Gasteiger partial charge >= 0.3 is 6.03 Å². The van der Waals surface area contributed by atoms with Crippen LogP contribution in [0.15, 0.2) is 36.5 Å². The fourth-order valence-electron chi connectivity index (χ4n) is 4.65. The Labute approximate surface area is 183 Å². The van der Waals surface area contributed by atoms with Gasteiger partial charge in [0, 0.05) is 51.6 Å². The van der Waals surface area contributed by atoms with Gasteiger partial charge < -0.3 is 9.64 Å². The second kappa shape index (κ2) is 8.80. The summed E-state index contributed by atoms with van der Waals surface area (Å²) in [6, 6.07) is 9.69. The molecule has 1 aromatic carbocycles. The van der Waals surface area contributed by atoms with Crippen LogP contribution in [0.2, 0.25) is 0 Å². The largest absolute Gasteiger partial charge is 0.383 e. The summed E-state index contributed by atoms with van der Waals surface area (Å²) in [5.74, 6) is -0.0808. The van der Waals surface area contributed by atoms with E-state index in [1.807, 2.05) is 48.3 Å². The van der Waals surface area contributed by atoms with Crippen molar-refractivity contribution in [2.45, 2.75) is 38.4 Å². The van der Waals surface area contributed by atoms with Gasteiger partial charge in [0.1, 0.15) is 5.54 Å². The van der Waals surface area contributed by atoms with Crippen LogP contribution in [0.1, 0.15) is 29.7 Å². The highest BCUT2D eigenvalue weighted by Gasteiger charge is 2.57. The maximum absolute atomic E-state index is 13.5. The number of benzene rings is 1. The summed E-state index contributed by atoms with van der Waals surface area (Å²) in [4.78, 5) is 32.3. The van der Waals surface area contributed by atoms with Gasteiger partial charge in [-0.2, -0.15) is 5.10 Å². The predicted octanol–water partition coefficient (Wildman–Crippen LogP) is 2.17. The van der Waals surface area contributed by atoms with Crippen molar-refractivity contribution >= 4 is 11.9 Å². The van der Waals surface area contributed by atoms with Gasteiger partial charge in [0.05, 0.1) is 19.3 Å². The van der Waals surface area contributed by atoms with Crippen molar-refractivity contribution in [3.63, 3.8) is 0 Å². The van der Waals surface area contributed by atoms with Crippen LogP contribution in [0.25, 0.3) is 0 Å². The summed E-state index contributed by atoms with van der Waals surface area (Å²) in [5.41, 5.74) is 2.62. The van der Waals surface area contributed by atoms with E-state index in [2.05, 4.69) is 16.9 Å². The van der Waals surface area contributed by atoms with Gasteiger partial charge in [-0.05, 0) is 25.3 Å². The number of ether oxygens (including phenoxy) is 1. The average Bonchev–Trinajstić information content (AvgIpc) is 3.19. The van der Waals surface area contributed by atoms with Gasteiger partial charge in [-0.1, -0.05) is 30.3 Å². The van der Waals surface area contributed by atoms with Crippen molar-refractivity contribution in [1.82, 2.24) is 24.5 Å². The van der Waals surface area contributed by atoms with Crippen LogP contribution in [0, 0.1) is 6.92 Å². The molecule has 2 saturated heterocycles. The lowest BCUT2D eigenvalue weighted by Gasteiger charge is -2.42. The van der Waals surface area contributed by atoms with E-state index in [9.17, 15) is 9.59 Å². The lowest BCUT2D eigenvalue weighted by molar-refractivity contribution is -0.136. The van der Waals surface area contributed by atoms with Crippen LogP contribution in [0.5, 0.6) is 0 Å². The Bertz CT molecular complexity index is 934. The molecule has 2 aliphatic rings. The third-order valence-electron chi connectivity index (χ3n) is 6.74. The summed E-state index contributed by atoms with van der Waals surface area (Å²) < 4.78 is 7.03. The maximum atomic E-state index is 13.5. The van der Waals surface area contributed by atoms with Gasteiger partial charge in [0.2, 0.25) is 0 Å². The topological polar surface area (TPSA) is 70.9 Å². The molecule has 8 heteroatoms. The SMILES string of the molecule is COCCN1C(=O)N(Cc2ccccc2)C2(CCN(Cc3cnn(C)c3C)CC2)C1=O. The number of carbonyl (C=O) groups is 2. The minimum atomic E-state index is -0.777. The third-order valence-corrected chi connectivity index (χ3v) is 6.74. The van der Waals surface area contributed by atoms with E-state index < -0.39 is 5.54 Å². The zero-order chi connectivity index (χ0) is 22.0. The minimum absolute atomic E-state index is 0.0808. The molecule has 31 heavy (non-hydrogen) atoms. The number of likely N-dealkylation sites (tertiary alicyclic amines) is 1. The molecule has 1 aromatic heterocycles. The van der Waals surface area contributed by atoms with Crippen molar-refractivity contribution in [1.29, 1.82) is 0 Å². The van der Waals surface area contributed by atoms with Crippen LogP contribution in [-0.4, -0.2) is 75.3 Å². The molecule has 3 heterocycles. The molecule has 0 N–H and O–H groups in total. The second-order valence-electron chi connectivity index (χ2n) is 8.49. The van der Waals surface area contributed by atoms with E-state index in [0.29, 0.717) is 32.5 Å². The van der Waals surface area contributed by atoms with Crippen LogP contribution >= 0.6 is 0 Å². The fourth-order valence-corrected chi connectivity index (χ4v) is 4.65. The van der Waals surface area contributed by atoms with Gasteiger partial charge in [0.25, 0.3) is 5.91 Å². The number of nitrogens with zero attached hydrogens (tertiary/aromatic N) is 5. The van der Waals surface area contributed by atoms with E-state index in [1.54, 1.807) is 12.0 Å². The number of hydrogen-bond donors (Lipinski definition) is 0. The van der Waals surface area contributed by atoms with E-state index in [0.717, 1.165) is 30.9 Å². The molecule has 2 aliphatic heterocycles. The van der Waals surface area contributed by atoms with Gasteiger partial charge in [-0.15, -0.1) is 0 Å². The number of carbonyl (C=O) groups excluding carboxylic acids is 2. The number of amides is 3. The van der Waals surface area contributed by atoms with Crippen molar-refractivity contribution < 1.29 is 14.3 Å². The predicted molar refractivity (Wildman–Crippen MR) is 116 cm³/mol. The molecule has 4 rings (SSSR count). The van der Waals surface area contributed by atoms with Crippen LogP contribution < -0.4 is 0 Å². The normalized spacial score (nSPS) is 19.1. The molecule has 0 saturated carbocycles. The molecule has 1 spiro atoms. The number of urea groups is 1. The van der Waals surface area contributed by atoms with Crippen molar-refractivity contribution in [3.8, 4) is 0 Å². The Morgan fingerprint density at radius 3 is 2.42 bits per heavy atom. The molecular weight excluding hydrogens is 394 g/mol. The van der Waals surface area contributed by atoms with Crippen LogP contribution in [0.4, 0.5) is 4.79 Å². The van der Waals surface area contributed by atoms with E-state index >= 15 is 0 Å². The van der Waals surface area contributed by atoms with E-state index in [4.69, 9.17) is 4.74 Å². The molecule has 0 unspecified atom stereocenters. The number of methoxy groups -OCH3 is 1. The van der Waals surface area contributed by atoms with E-state index in [1.165, 1.54) is 10.5 Å². The Hall–Kier alpha value is -2.71. The van der Waals surface area contributed by atoms with E-state index in [-0.39, 0.29) is 11.9 Å². The van der Waals surface area contributed by atoms with Crippen LogP contribution in [0.3, 0.4) is 0 Å². The lowest BCUT2D eigenvalue weighted by Crippen LogP contribution is -2.56. The highest BCUT2D eigenvalue weighted by Crippen LogP contribution is 2.38. The standard InChI is InChI=1S/C23H31N5O3/c1-18-20(15-24-25(18)2)17-26-11-9-23(10-12-26)21(29)27(13-14-31-3)22(30)28(23)16-19-7-5-4-6-8-19/h4-8,15H,9-14,16-17H2,1-3H3. The number of rotatable bonds is 7. The Kier molecular flexibility index (Phi) is 6.11. The summed E-state index contributed by atoms with van der Waals surface area (Å²) in [6.45, 7) is 5.48. The van der Waals surface area contributed by atoms with Gasteiger partial charge in [0.15, 0.2) is 0 Å². The van der Waals surface area contributed by atoms with Crippen molar-refractivity contribution in [2.24, 2.45) is 7.05 Å². The summed E-state index contributed by atoms with van der Waals surface area (Å²) in [7, 11) is 3.53. The number of piperidine rings is 1. The van der Waals surface area contributed by atoms with Gasteiger partial charge in [-0.3, -0.25) is 19.3 Å². The molecule has 8 nitrogen and oxygen atoms in total. The summed E-state index contributed by atoms with van der Waals surface area (Å²) >= 11 is 0. The van der Waals surface area contributed by atoms with Crippen LogP contribution in [-0.2, 0) is 29.7 Å². The molecule has 0 radical (unpaired) electrons. The number of aryl methyl sites for hydroxylation is 1. The first-order valence-electron chi connectivity index (χ1n) is 10.8. The first-order valence-corrected chi connectivity index (χ1v) is 10.8. The number of aromatic nitrogens is 2. The Morgan fingerprint density at radius 1 is 1.10 bits per heavy atom. The maximum Gasteiger partial charge on any atom is 0.328 e. The molecular formula is C23H31N5O3. The third kappa shape index (κ3) is 3.97. The smallest absolute Gasteiger partial charge is 0.328 e. The highest BCUT2D eigenvalue weighted by atomic mass is 16.5. The Morgan fingerprint density at radius 2 is 1.81 bits per heavy atom. The fraction of sp³-hybridized carbons (Fsp3) is 0.522. The van der Waals surface area contributed by atoms with Gasteiger partial charge in [-0.25, -0.2) is 4.79 Å². The Balaban J connectivity index is 1.53. The monoisotopic (exact) mass is 425 g/mol. The molecule has 0 aliphatic carbocycles. The molecule has 0 atom stereocenters. The average molecular weight is 426 g/mol. The molecule has 2 fully saturated rings. The zero-order valence-corrected chi connectivity index (χ0v) is 18.6. The molecule has 0 bridgehead atoms. The number of imide groups is 1. The molecule has 166 valence electrons. The zero-order valence-electron chi connectivity index (χ0n) is 18.6. The number of hydrogen-bond acceptors (Lipinski definition) is 5.